The predicted molar refractivity (Wildman–Crippen MR) is 141 cm³/mol. The Hall–Kier alpha value is -3.60. The van der Waals surface area contributed by atoms with Gasteiger partial charge in [-0.25, -0.2) is 8.42 Å². The molecule has 0 N–H and O–H groups in total. The van der Waals surface area contributed by atoms with Gasteiger partial charge in [0.1, 0.15) is 6.54 Å². The summed E-state index contributed by atoms with van der Waals surface area (Å²) in [7, 11) is -3.71. The van der Waals surface area contributed by atoms with Crippen LogP contribution in [0.25, 0.3) is 10.2 Å². The summed E-state index contributed by atoms with van der Waals surface area (Å²) in [4.78, 5) is 29.9. The van der Waals surface area contributed by atoms with Crippen LogP contribution in [0.5, 0.6) is 0 Å². The van der Waals surface area contributed by atoms with E-state index >= 15 is 0 Å². The largest absolute Gasteiger partial charge is 0.465 e. The van der Waals surface area contributed by atoms with Gasteiger partial charge in [0.25, 0.3) is 5.91 Å². The molecule has 1 aliphatic heterocycles. The molecule has 0 saturated heterocycles. The van der Waals surface area contributed by atoms with Crippen molar-refractivity contribution in [1.29, 1.82) is 0 Å². The second-order valence-electron chi connectivity index (χ2n) is 8.54. The first kappa shape index (κ1) is 25.1. The van der Waals surface area contributed by atoms with Crippen molar-refractivity contribution < 1.29 is 22.7 Å². The quantitative estimate of drug-likeness (QED) is 0.350. The number of para-hydroxylation sites is 1. The van der Waals surface area contributed by atoms with Crippen molar-refractivity contribution in [2.75, 3.05) is 13.2 Å². The fraction of sp³-hybridized carbons (Fsp3) is 0.222. The maximum atomic E-state index is 13.2. The molecule has 4 aromatic rings. The molecule has 1 amide bonds. The first-order valence-corrected chi connectivity index (χ1v) is 14.1. The highest BCUT2D eigenvalue weighted by Crippen LogP contribution is 2.25. The normalized spacial score (nSPS) is 14.5. The molecule has 190 valence electrons. The van der Waals surface area contributed by atoms with Crippen LogP contribution in [-0.4, -0.2) is 42.3 Å². The van der Waals surface area contributed by atoms with E-state index in [0.29, 0.717) is 24.3 Å². The third-order valence-corrected chi connectivity index (χ3v) is 9.13. The Bertz CT molecular complexity index is 1650. The first-order chi connectivity index (χ1) is 17.9. The topological polar surface area (TPSA) is 98.0 Å². The smallest absolute Gasteiger partial charge is 0.326 e. The van der Waals surface area contributed by atoms with E-state index in [1.54, 1.807) is 11.5 Å². The second kappa shape index (κ2) is 10.4. The SMILES string of the molecule is CCOC(=O)Cn1c(=NC(=O)c2ccc(S(=O)(=O)N3CCc4ccccc4C3)cc2)sc2ccccc21. The summed E-state index contributed by atoms with van der Waals surface area (Å²) in [6, 6.07) is 21.1. The van der Waals surface area contributed by atoms with Crippen LogP contribution in [0, 0.1) is 0 Å². The molecule has 0 fully saturated rings. The highest BCUT2D eigenvalue weighted by molar-refractivity contribution is 7.89. The number of sulfonamides is 1. The Balaban J connectivity index is 1.41. The predicted octanol–water partition coefficient (Wildman–Crippen LogP) is 3.75. The number of benzene rings is 3. The lowest BCUT2D eigenvalue weighted by molar-refractivity contribution is -0.143. The van der Waals surface area contributed by atoms with E-state index in [1.807, 2.05) is 48.5 Å². The number of ether oxygens (including phenoxy) is 1. The molecule has 0 saturated carbocycles. The lowest BCUT2D eigenvalue weighted by Gasteiger charge is -2.28. The van der Waals surface area contributed by atoms with Gasteiger partial charge in [-0.15, -0.1) is 0 Å². The van der Waals surface area contributed by atoms with Gasteiger partial charge in [0.05, 0.1) is 21.7 Å². The summed E-state index contributed by atoms with van der Waals surface area (Å²) in [5.74, 6) is -0.949. The van der Waals surface area contributed by atoms with Crippen molar-refractivity contribution in [1.82, 2.24) is 8.87 Å². The van der Waals surface area contributed by atoms with Crippen LogP contribution in [0.3, 0.4) is 0 Å². The zero-order valence-corrected chi connectivity index (χ0v) is 21.8. The van der Waals surface area contributed by atoms with Crippen molar-refractivity contribution in [2.45, 2.75) is 31.3 Å². The maximum absolute atomic E-state index is 13.2. The monoisotopic (exact) mass is 535 g/mol. The maximum Gasteiger partial charge on any atom is 0.326 e. The van der Waals surface area contributed by atoms with E-state index in [-0.39, 0.29) is 23.6 Å². The lowest BCUT2D eigenvalue weighted by Crippen LogP contribution is -2.35. The van der Waals surface area contributed by atoms with E-state index in [4.69, 9.17) is 4.74 Å². The van der Waals surface area contributed by atoms with Crippen LogP contribution in [0.2, 0.25) is 0 Å². The Morgan fingerprint density at radius 2 is 1.68 bits per heavy atom. The average Bonchev–Trinajstić information content (AvgIpc) is 3.25. The van der Waals surface area contributed by atoms with Crippen molar-refractivity contribution >= 4 is 43.5 Å². The molecule has 5 rings (SSSR count). The molecule has 8 nitrogen and oxygen atoms in total. The Labute approximate surface area is 218 Å². The highest BCUT2D eigenvalue weighted by atomic mass is 32.2. The van der Waals surface area contributed by atoms with Crippen molar-refractivity contribution in [2.24, 2.45) is 4.99 Å². The van der Waals surface area contributed by atoms with Crippen LogP contribution < -0.4 is 4.80 Å². The van der Waals surface area contributed by atoms with Gasteiger partial charge >= 0.3 is 5.97 Å². The van der Waals surface area contributed by atoms with E-state index in [0.717, 1.165) is 21.3 Å². The molecule has 0 bridgehead atoms. The van der Waals surface area contributed by atoms with Gasteiger partial charge in [-0.2, -0.15) is 9.30 Å². The van der Waals surface area contributed by atoms with E-state index in [1.165, 1.54) is 39.9 Å². The number of hydrogen-bond donors (Lipinski definition) is 0. The number of fused-ring (bicyclic) bond motifs is 2. The van der Waals surface area contributed by atoms with E-state index in [9.17, 15) is 18.0 Å². The first-order valence-electron chi connectivity index (χ1n) is 11.9. The fourth-order valence-corrected chi connectivity index (χ4v) is 6.79. The molecular weight excluding hydrogens is 510 g/mol. The van der Waals surface area contributed by atoms with Gasteiger partial charge in [0, 0.05) is 18.7 Å². The Kier molecular flexibility index (Phi) is 7.05. The molecule has 0 radical (unpaired) electrons. The summed E-state index contributed by atoms with van der Waals surface area (Å²) < 4.78 is 35.6. The van der Waals surface area contributed by atoms with Gasteiger partial charge in [-0.05, 0) is 60.9 Å². The molecule has 0 aliphatic carbocycles. The Morgan fingerprint density at radius 3 is 2.43 bits per heavy atom. The zero-order valence-electron chi connectivity index (χ0n) is 20.2. The number of nitrogens with zero attached hydrogens (tertiary/aromatic N) is 3. The lowest BCUT2D eigenvalue weighted by atomic mass is 10.0. The van der Waals surface area contributed by atoms with Gasteiger partial charge in [-0.3, -0.25) is 9.59 Å². The number of carbonyl (C=O) groups is 2. The van der Waals surface area contributed by atoms with Crippen LogP contribution in [0.4, 0.5) is 0 Å². The minimum Gasteiger partial charge on any atom is -0.465 e. The van der Waals surface area contributed by atoms with Crippen molar-refractivity contribution in [3.05, 3.63) is 94.3 Å². The number of carbonyl (C=O) groups excluding carboxylic acids is 2. The van der Waals surface area contributed by atoms with Crippen LogP contribution >= 0.6 is 11.3 Å². The van der Waals surface area contributed by atoms with Gasteiger partial charge in [0.2, 0.25) is 10.0 Å². The minimum atomic E-state index is -3.71. The highest BCUT2D eigenvalue weighted by Gasteiger charge is 2.28. The third-order valence-electron chi connectivity index (χ3n) is 6.21. The summed E-state index contributed by atoms with van der Waals surface area (Å²) in [6.07, 6.45) is 0.659. The number of aromatic nitrogens is 1. The van der Waals surface area contributed by atoms with Gasteiger partial charge in [-0.1, -0.05) is 47.7 Å². The number of rotatable bonds is 6. The molecular formula is C27H25N3O5S2. The van der Waals surface area contributed by atoms with E-state index < -0.39 is 21.9 Å². The second-order valence-corrected chi connectivity index (χ2v) is 11.5. The molecule has 10 heteroatoms. The van der Waals surface area contributed by atoms with Gasteiger partial charge < -0.3 is 9.30 Å². The van der Waals surface area contributed by atoms with E-state index in [2.05, 4.69) is 4.99 Å². The average molecular weight is 536 g/mol. The molecule has 1 aliphatic rings. The Morgan fingerprint density at radius 1 is 0.973 bits per heavy atom. The van der Waals surface area contributed by atoms with Gasteiger partial charge in [0.15, 0.2) is 4.80 Å². The number of amides is 1. The molecule has 0 spiro atoms. The summed E-state index contributed by atoms with van der Waals surface area (Å²) >= 11 is 1.29. The van der Waals surface area contributed by atoms with Crippen LogP contribution in [-0.2, 0) is 39.1 Å². The molecule has 3 aromatic carbocycles. The van der Waals surface area contributed by atoms with Crippen LogP contribution in [0.15, 0.2) is 82.7 Å². The number of esters is 1. The zero-order chi connectivity index (χ0) is 26.0. The summed E-state index contributed by atoms with van der Waals surface area (Å²) in [5, 5.41) is 0. The van der Waals surface area contributed by atoms with Crippen LogP contribution in [0.1, 0.15) is 28.4 Å². The number of thiazole rings is 1. The third kappa shape index (κ3) is 5.13. The molecule has 1 aromatic heterocycles. The minimum absolute atomic E-state index is 0.0693. The molecule has 0 atom stereocenters. The fourth-order valence-electron chi connectivity index (χ4n) is 4.34. The molecule has 0 unspecified atom stereocenters. The molecule has 2 heterocycles. The van der Waals surface area contributed by atoms with Crippen molar-refractivity contribution in [3.8, 4) is 0 Å². The standard InChI is InChI=1S/C27H25N3O5S2/c1-2-35-25(31)18-30-23-9-5-6-10-24(23)36-27(30)28-26(32)20-11-13-22(14-12-20)37(33,34)29-16-15-19-7-3-4-8-21(19)17-29/h3-14H,2,15-18H2,1H3. The summed E-state index contributed by atoms with van der Waals surface area (Å²) in [5.41, 5.74) is 3.19. The number of hydrogen-bond acceptors (Lipinski definition) is 6. The molecule has 37 heavy (non-hydrogen) atoms. The van der Waals surface area contributed by atoms with Crippen molar-refractivity contribution in [3.63, 3.8) is 0 Å². The summed E-state index contributed by atoms with van der Waals surface area (Å²) in [6.45, 7) is 2.64.